The Morgan fingerprint density at radius 1 is 1.14 bits per heavy atom. The molecule has 1 aliphatic rings. The number of ether oxygens (including phenoxy) is 1. The second-order valence-electron chi connectivity index (χ2n) is 9.14. The van der Waals surface area contributed by atoms with Gasteiger partial charge < -0.3 is 10.5 Å². The van der Waals surface area contributed by atoms with Crippen molar-refractivity contribution in [2.24, 2.45) is 5.73 Å². The summed E-state index contributed by atoms with van der Waals surface area (Å²) >= 11 is 0. The van der Waals surface area contributed by atoms with Crippen molar-refractivity contribution in [2.75, 3.05) is 19.7 Å². The summed E-state index contributed by atoms with van der Waals surface area (Å²) in [5.74, 6) is -0.152. The monoisotopic (exact) mass is 560 g/mol. The second kappa shape index (κ2) is 10.6. The number of pyridine rings is 2. The maximum Gasteiger partial charge on any atom is 0.408 e. The molecule has 0 unspecified atom stereocenters. The number of benzene rings is 1. The van der Waals surface area contributed by atoms with Crippen LogP contribution in [0.25, 0.3) is 28.1 Å². The van der Waals surface area contributed by atoms with Crippen molar-refractivity contribution in [2.45, 2.75) is 38.0 Å². The Morgan fingerprint density at radius 3 is 2.54 bits per heavy atom. The Morgan fingerprint density at radius 2 is 1.89 bits per heavy atom. The number of alkyl halides is 3. The number of nitrogens with zero attached hydrogens (tertiary/aromatic N) is 5. The van der Waals surface area contributed by atoms with Crippen LogP contribution in [0.2, 0.25) is 0 Å². The van der Waals surface area contributed by atoms with Gasteiger partial charge in [-0.25, -0.2) is 9.37 Å². The molecule has 4 aromatic rings. The Bertz CT molecular complexity index is 1410. The Kier molecular flexibility index (Phi) is 8.23. The van der Waals surface area contributed by atoms with Crippen LogP contribution in [-0.2, 0) is 0 Å². The first-order chi connectivity index (χ1) is 16.6. The number of hydrogen-bond acceptors (Lipinski definition) is 6. The van der Waals surface area contributed by atoms with Crippen LogP contribution in [0.3, 0.4) is 0 Å². The third-order valence-electron chi connectivity index (χ3n) is 6.22. The van der Waals surface area contributed by atoms with E-state index in [0.29, 0.717) is 35.3 Å². The summed E-state index contributed by atoms with van der Waals surface area (Å²) in [6.07, 6.45) is -2.62. The molecule has 7 nitrogen and oxygen atoms in total. The summed E-state index contributed by atoms with van der Waals surface area (Å²) in [6.45, 7) is 4.18. The van der Waals surface area contributed by atoms with Gasteiger partial charge in [0.05, 0.1) is 12.1 Å². The van der Waals surface area contributed by atoms with Crippen molar-refractivity contribution >= 4 is 41.4 Å². The minimum absolute atomic E-state index is 0. The average Bonchev–Trinajstić information content (AvgIpc) is 3.36. The van der Waals surface area contributed by atoms with Crippen LogP contribution in [-0.4, -0.2) is 55.9 Å². The molecule has 1 aliphatic heterocycles. The van der Waals surface area contributed by atoms with Gasteiger partial charge in [0, 0.05) is 36.3 Å². The Labute approximate surface area is 222 Å². The first-order valence-corrected chi connectivity index (χ1v) is 11.2. The van der Waals surface area contributed by atoms with Crippen molar-refractivity contribution in [3.63, 3.8) is 0 Å². The number of hydrogen-bond donors (Lipinski definition) is 1. The number of likely N-dealkylation sites (tertiary alicyclic amines) is 1. The molecule has 1 aromatic carbocycles. The van der Waals surface area contributed by atoms with E-state index in [4.69, 9.17) is 10.5 Å². The maximum absolute atomic E-state index is 14.2. The number of rotatable bonds is 5. The van der Waals surface area contributed by atoms with Gasteiger partial charge in [-0.1, -0.05) is 12.1 Å². The highest BCUT2D eigenvalue weighted by Gasteiger charge is 2.48. The van der Waals surface area contributed by atoms with Crippen molar-refractivity contribution in [1.82, 2.24) is 24.5 Å². The topological polar surface area (TPSA) is 81.6 Å². The minimum Gasteiger partial charge on any atom is -0.491 e. The molecule has 1 fully saturated rings. The molecular formula is C24H26Cl2F4N6O. The van der Waals surface area contributed by atoms with Crippen LogP contribution in [0.1, 0.15) is 31.9 Å². The molecular weight excluding hydrogens is 535 g/mol. The zero-order valence-electron chi connectivity index (χ0n) is 20.0. The first kappa shape index (κ1) is 28.8. The highest BCUT2D eigenvalue weighted by molar-refractivity contribution is 5.85. The highest BCUT2D eigenvalue weighted by atomic mass is 35.5. The van der Waals surface area contributed by atoms with Gasteiger partial charge >= 0.3 is 6.18 Å². The fourth-order valence-corrected chi connectivity index (χ4v) is 4.61. The van der Waals surface area contributed by atoms with E-state index >= 15 is 0 Å². The van der Waals surface area contributed by atoms with Gasteiger partial charge in [-0.3, -0.25) is 9.30 Å². The zero-order chi connectivity index (χ0) is 25.0. The van der Waals surface area contributed by atoms with Gasteiger partial charge in [-0.15, -0.1) is 35.0 Å². The predicted octanol–water partition coefficient (Wildman–Crippen LogP) is 5.35. The van der Waals surface area contributed by atoms with Crippen LogP contribution in [0, 0.1) is 5.82 Å². The molecule has 200 valence electrons. The SMILES string of the molecule is CCOc1cc2nc(-c3nnc4ccc([C@@H](N5CC[C@](C)(N)C5)C(F)(F)F)cn34)ccc2cc1F.Cl.Cl. The van der Waals surface area contributed by atoms with Gasteiger partial charge in [0.2, 0.25) is 0 Å². The summed E-state index contributed by atoms with van der Waals surface area (Å²) in [5, 5.41) is 8.81. The lowest BCUT2D eigenvalue weighted by Crippen LogP contribution is -2.43. The third-order valence-corrected chi connectivity index (χ3v) is 6.22. The Balaban J connectivity index is 0.00000190. The van der Waals surface area contributed by atoms with Gasteiger partial charge in [0.25, 0.3) is 0 Å². The molecule has 1 saturated heterocycles. The molecule has 37 heavy (non-hydrogen) atoms. The first-order valence-electron chi connectivity index (χ1n) is 11.2. The molecule has 13 heteroatoms. The lowest BCUT2D eigenvalue weighted by molar-refractivity contribution is -0.184. The summed E-state index contributed by atoms with van der Waals surface area (Å²) in [6, 6.07) is 7.23. The largest absolute Gasteiger partial charge is 0.491 e. The molecule has 5 rings (SSSR count). The van der Waals surface area contributed by atoms with Crippen molar-refractivity contribution < 1.29 is 22.3 Å². The van der Waals surface area contributed by atoms with Crippen LogP contribution in [0.4, 0.5) is 17.6 Å². The predicted molar refractivity (Wildman–Crippen MR) is 137 cm³/mol. The van der Waals surface area contributed by atoms with Crippen LogP contribution in [0.15, 0.2) is 42.6 Å². The van der Waals surface area contributed by atoms with E-state index in [1.807, 2.05) is 0 Å². The molecule has 0 amide bonds. The van der Waals surface area contributed by atoms with Gasteiger partial charge in [0.1, 0.15) is 11.7 Å². The molecule has 2 atom stereocenters. The van der Waals surface area contributed by atoms with E-state index in [9.17, 15) is 17.6 Å². The van der Waals surface area contributed by atoms with Crippen LogP contribution < -0.4 is 10.5 Å². The summed E-state index contributed by atoms with van der Waals surface area (Å²) in [5.41, 5.74) is 6.73. The van der Waals surface area contributed by atoms with Gasteiger partial charge in [-0.05, 0) is 44.0 Å². The molecule has 0 aliphatic carbocycles. The van der Waals surface area contributed by atoms with E-state index in [1.165, 1.54) is 39.8 Å². The van der Waals surface area contributed by atoms with Gasteiger partial charge in [0.15, 0.2) is 23.0 Å². The highest BCUT2D eigenvalue weighted by Crippen LogP contribution is 2.41. The lowest BCUT2D eigenvalue weighted by Gasteiger charge is -2.31. The van der Waals surface area contributed by atoms with Crippen molar-refractivity contribution in [3.8, 4) is 17.3 Å². The number of nitrogens with two attached hydrogens (primary N) is 1. The normalized spacial score (nSPS) is 19.0. The molecule has 0 radical (unpaired) electrons. The maximum atomic E-state index is 14.2. The van der Waals surface area contributed by atoms with E-state index < -0.39 is 23.6 Å². The van der Waals surface area contributed by atoms with Crippen LogP contribution >= 0.6 is 24.8 Å². The molecule has 0 bridgehead atoms. The molecule has 2 N–H and O–H groups in total. The van der Waals surface area contributed by atoms with E-state index in [0.717, 1.165) is 0 Å². The van der Waals surface area contributed by atoms with E-state index in [-0.39, 0.29) is 55.0 Å². The second-order valence-corrected chi connectivity index (χ2v) is 9.14. The molecule has 4 heterocycles. The quantitative estimate of drug-likeness (QED) is 0.331. The standard InChI is InChI=1S/C24H24F4N6O.2ClH/c1-3-35-19-11-18-14(10-16(19)25)4-6-17(30-18)22-32-31-20-7-5-15(12-34(20)22)21(24(26,27)28)33-9-8-23(2,29)13-33;;/h4-7,10-12,21H,3,8-9,13,29H2,1-2H3;2*1H/t21-,23+;;/m1../s1. The van der Waals surface area contributed by atoms with Crippen LogP contribution in [0.5, 0.6) is 5.75 Å². The lowest BCUT2D eigenvalue weighted by atomic mass is 10.0. The molecule has 0 spiro atoms. The van der Waals surface area contributed by atoms with Crippen molar-refractivity contribution in [1.29, 1.82) is 0 Å². The summed E-state index contributed by atoms with van der Waals surface area (Å²) in [7, 11) is 0. The van der Waals surface area contributed by atoms with E-state index in [1.54, 1.807) is 26.0 Å². The van der Waals surface area contributed by atoms with E-state index in [2.05, 4.69) is 15.2 Å². The van der Waals surface area contributed by atoms with Gasteiger partial charge in [-0.2, -0.15) is 13.2 Å². The molecule has 0 saturated carbocycles. The summed E-state index contributed by atoms with van der Waals surface area (Å²) < 4.78 is 63.6. The minimum atomic E-state index is -4.50. The smallest absolute Gasteiger partial charge is 0.408 e. The number of halogens is 6. The average molecular weight is 561 g/mol. The van der Waals surface area contributed by atoms with Crippen molar-refractivity contribution in [3.05, 3.63) is 54.0 Å². The number of aromatic nitrogens is 4. The zero-order valence-corrected chi connectivity index (χ0v) is 21.6. The summed E-state index contributed by atoms with van der Waals surface area (Å²) in [4.78, 5) is 5.92. The molecule has 3 aromatic heterocycles. The Hall–Kier alpha value is -2.73. The fraction of sp³-hybridized carbons (Fsp3) is 0.375. The number of fused-ring (bicyclic) bond motifs is 2. The third kappa shape index (κ3) is 5.59. The fourth-order valence-electron chi connectivity index (χ4n) is 4.61.